The van der Waals surface area contributed by atoms with Crippen molar-refractivity contribution in [3.8, 4) is 0 Å². The van der Waals surface area contributed by atoms with Gasteiger partial charge in [-0.05, 0) is 25.0 Å². The van der Waals surface area contributed by atoms with Crippen molar-refractivity contribution in [2.75, 3.05) is 13.2 Å². The molecular formula is C12H15NO3. The summed E-state index contributed by atoms with van der Waals surface area (Å²) in [6.07, 6.45) is 6.41. The molecule has 0 aromatic carbocycles. The Morgan fingerprint density at radius 2 is 2.31 bits per heavy atom. The molecule has 2 heterocycles. The van der Waals surface area contributed by atoms with Crippen molar-refractivity contribution in [2.45, 2.75) is 25.4 Å². The van der Waals surface area contributed by atoms with E-state index in [1.54, 1.807) is 24.5 Å². The Hall–Kier alpha value is -1.42. The lowest BCUT2D eigenvalue weighted by Crippen LogP contribution is -2.12. The van der Waals surface area contributed by atoms with E-state index in [0.29, 0.717) is 12.2 Å². The first-order chi connectivity index (χ1) is 7.86. The molecule has 1 fully saturated rings. The van der Waals surface area contributed by atoms with Gasteiger partial charge in [0.25, 0.3) is 0 Å². The Bertz CT molecular complexity index is 333. The van der Waals surface area contributed by atoms with Crippen molar-refractivity contribution < 1.29 is 14.3 Å². The number of rotatable bonds is 4. The van der Waals surface area contributed by atoms with Crippen molar-refractivity contribution in [1.29, 1.82) is 0 Å². The summed E-state index contributed by atoms with van der Waals surface area (Å²) in [7, 11) is 0. The molecule has 0 unspecified atom stereocenters. The van der Waals surface area contributed by atoms with E-state index in [2.05, 4.69) is 4.98 Å². The summed E-state index contributed by atoms with van der Waals surface area (Å²) in [5, 5.41) is 0. The zero-order valence-electron chi connectivity index (χ0n) is 9.09. The molecule has 0 saturated carbocycles. The van der Waals surface area contributed by atoms with Gasteiger partial charge in [-0.25, -0.2) is 4.79 Å². The van der Waals surface area contributed by atoms with Crippen molar-refractivity contribution >= 4 is 5.97 Å². The zero-order valence-corrected chi connectivity index (χ0v) is 9.09. The van der Waals surface area contributed by atoms with Crippen molar-refractivity contribution in [3.63, 3.8) is 0 Å². The van der Waals surface area contributed by atoms with E-state index in [4.69, 9.17) is 9.47 Å². The van der Waals surface area contributed by atoms with Gasteiger partial charge in [0.15, 0.2) is 0 Å². The van der Waals surface area contributed by atoms with Gasteiger partial charge in [0.1, 0.15) is 0 Å². The molecule has 2 rings (SSSR count). The highest BCUT2D eigenvalue weighted by Gasteiger charge is 2.16. The number of hydrogen-bond acceptors (Lipinski definition) is 4. The number of carbonyl (C=O) groups is 1. The van der Waals surface area contributed by atoms with Crippen LogP contribution in [0.25, 0.3) is 0 Å². The van der Waals surface area contributed by atoms with Crippen LogP contribution in [0.1, 0.15) is 29.6 Å². The standard InChI is InChI=1S/C12H15NO3/c14-12(10-3-6-13-7-4-10)16-9-5-11-2-1-8-15-11/h3-4,6-7,11H,1-2,5,8-9H2/t11-/m0/s1. The molecule has 1 atom stereocenters. The molecule has 4 heteroatoms. The van der Waals surface area contributed by atoms with E-state index in [-0.39, 0.29) is 12.1 Å². The summed E-state index contributed by atoms with van der Waals surface area (Å²) < 4.78 is 10.6. The van der Waals surface area contributed by atoms with Gasteiger partial charge in [0.2, 0.25) is 0 Å². The third-order valence-corrected chi connectivity index (χ3v) is 2.61. The summed E-state index contributed by atoms with van der Waals surface area (Å²) in [6.45, 7) is 1.26. The Morgan fingerprint density at radius 1 is 1.50 bits per heavy atom. The second-order valence-corrected chi connectivity index (χ2v) is 3.80. The number of carbonyl (C=O) groups excluding carboxylic acids is 1. The minimum Gasteiger partial charge on any atom is -0.462 e. The molecule has 16 heavy (non-hydrogen) atoms. The molecule has 0 spiro atoms. The Labute approximate surface area is 94.6 Å². The van der Waals surface area contributed by atoms with E-state index >= 15 is 0 Å². The minimum absolute atomic E-state index is 0.269. The van der Waals surface area contributed by atoms with Gasteiger partial charge in [-0.2, -0.15) is 0 Å². The second kappa shape index (κ2) is 5.61. The topological polar surface area (TPSA) is 48.4 Å². The average Bonchev–Trinajstić information content (AvgIpc) is 2.83. The second-order valence-electron chi connectivity index (χ2n) is 3.80. The smallest absolute Gasteiger partial charge is 0.338 e. The van der Waals surface area contributed by atoms with Crippen LogP contribution < -0.4 is 0 Å². The molecule has 4 nitrogen and oxygen atoms in total. The normalized spacial score (nSPS) is 19.6. The lowest BCUT2D eigenvalue weighted by Gasteiger charge is -2.09. The fourth-order valence-electron chi connectivity index (χ4n) is 1.73. The summed E-state index contributed by atoms with van der Waals surface area (Å²) in [4.78, 5) is 15.4. The molecule has 86 valence electrons. The van der Waals surface area contributed by atoms with Gasteiger partial charge in [-0.3, -0.25) is 4.98 Å². The molecule has 0 aliphatic carbocycles. The number of pyridine rings is 1. The summed E-state index contributed by atoms with van der Waals surface area (Å²) in [5.74, 6) is -0.291. The van der Waals surface area contributed by atoms with Gasteiger partial charge in [0, 0.05) is 25.4 Å². The fraction of sp³-hybridized carbons (Fsp3) is 0.500. The van der Waals surface area contributed by atoms with Gasteiger partial charge < -0.3 is 9.47 Å². The molecule has 1 saturated heterocycles. The Balaban J connectivity index is 1.71. The Morgan fingerprint density at radius 3 is 3.00 bits per heavy atom. The lowest BCUT2D eigenvalue weighted by molar-refractivity contribution is 0.0386. The van der Waals surface area contributed by atoms with E-state index in [9.17, 15) is 4.79 Å². The predicted molar refractivity (Wildman–Crippen MR) is 58.1 cm³/mol. The SMILES string of the molecule is O=C(OCC[C@@H]1CCCO1)c1ccncc1. The van der Waals surface area contributed by atoms with Crippen LogP contribution in [0.4, 0.5) is 0 Å². The quantitative estimate of drug-likeness (QED) is 0.727. The van der Waals surface area contributed by atoms with Crippen LogP contribution in [0.2, 0.25) is 0 Å². The van der Waals surface area contributed by atoms with Crippen LogP contribution in [-0.2, 0) is 9.47 Å². The molecule has 1 aromatic heterocycles. The van der Waals surface area contributed by atoms with Crippen molar-refractivity contribution in [1.82, 2.24) is 4.98 Å². The number of hydrogen-bond donors (Lipinski definition) is 0. The minimum atomic E-state index is -0.291. The van der Waals surface area contributed by atoms with E-state index in [1.165, 1.54) is 0 Å². The third kappa shape index (κ3) is 3.03. The Kier molecular flexibility index (Phi) is 3.88. The van der Waals surface area contributed by atoms with Crippen molar-refractivity contribution in [3.05, 3.63) is 30.1 Å². The fourth-order valence-corrected chi connectivity index (χ4v) is 1.73. The predicted octanol–water partition coefficient (Wildman–Crippen LogP) is 1.81. The molecule has 0 radical (unpaired) electrons. The first-order valence-corrected chi connectivity index (χ1v) is 5.55. The third-order valence-electron chi connectivity index (χ3n) is 2.61. The highest BCUT2D eigenvalue weighted by Crippen LogP contribution is 2.15. The molecule has 1 aliphatic rings. The number of ether oxygens (including phenoxy) is 2. The number of aromatic nitrogens is 1. The van der Waals surface area contributed by atoms with Crippen LogP contribution in [0.3, 0.4) is 0 Å². The van der Waals surface area contributed by atoms with Gasteiger partial charge >= 0.3 is 5.97 Å². The molecule has 0 amide bonds. The van der Waals surface area contributed by atoms with E-state index < -0.39 is 0 Å². The van der Waals surface area contributed by atoms with Gasteiger partial charge in [0.05, 0.1) is 18.3 Å². The van der Waals surface area contributed by atoms with Crippen molar-refractivity contribution in [2.24, 2.45) is 0 Å². The van der Waals surface area contributed by atoms with E-state index in [1.807, 2.05) is 0 Å². The highest BCUT2D eigenvalue weighted by molar-refractivity contribution is 5.89. The van der Waals surface area contributed by atoms with Crippen LogP contribution in [0, 0.1) is 0 Å². The van der Waals surface area contributed by atoms with E-state index in [0.717, 1.165) is 25.9 Å². The van der Waals surface area contributed by atoms with Crippen LogP contribution in [0.5, 0.6) is 0 Å². The summed E-state index contributed by atoms with van der Waals surface area (Å²) >= 11 is 0. The van der Waals surface area contributed by atoms with Crippen LogP contribution >= 0.6 is 0 Å². The molecule has 0 bridgehead atoms. The zero-order chi connectivity index (χ0) is 11.2. The van der Waals surface area contributed by atoms with Crippen LogP contribution in [-0.4, -0.2) is 30.3 Å². The maximum absolute atomic E-state index is 11.5. The summed E-state index contributed by atoms with van der Waals surface area (Å²) in [5.41, 5.74) is 0.544. The monoisotopic (exact) mass is 221 g/mol. The first kappa shape index (κ1) is 11.1. The maximum Gasteiger partial charge on any atom is 0.338 e. The average molecular weight is 221 g/mol. The molecular weight excluding hydrogens is 206 g/mol. The summed E-state index contributed by atoms with van der Waals surface area (Å²) in [6, 6.07) is 3.29. The molecule has 1 aliphatic heterocycles. The molecule has 1 aromatic rings. The molecule has 0 N–H and O–H groups in total. The largest absolute Gasteiger partial charge is 0.462 e. The van der Waals surface area contributed by atoms with Gasteiger partial charge in [-0.15, -0.1) is 0 Å². The lowest BCUT2D eigenvalue weighted by atomic mass is 10.2. The van der Waals surface area contributed by atoms with Gasteiger partial charge in [-0.1, -0.05) is 0 Å². The van der Waals surface area contributed by atoms with Crippen LogP contribution in [0.15, 0.2) is 24.5 Å². The number of esters is 1. The maximum atomic E-state index is 11.5. The highest BCUT2D eigenvalue weighted by atomic mass is 16.5. The first-order valence-electron chi connectivity index (χ1n) is 5.55. The number of nitrogens with zero attached hydrogens (tertiary/aromatic N) is 1.